The molecule has 94 valence electrons. The normalized spacial score (nSPS) is 10.1. The third kappa shape index (κ3) is 3.35. The second-order valence-electron chi connectivity index (χ2n) is 3.63. The molecule has 0 saturated heterocycles. The predicted octanol–water partition coefficient (Wildman–Crippen LogP) is 2.04. The molecule has 0 atom stereocenters. The summed E-state index contributed by atoms with van der Waals surface area (Å²) in [4.78, 5) is 8.05. The third-order valence-electron chi connectivity index (χ3n) is 2.25. The van der Waals surface area contributed by atoms with Gasteiger partial charge in [-0.1, -0.05) is 0 Å². The number of nitrogens with zero attached hydrogens (tertiary/aromatic N) is 2. The smallest absolute Gasteiger partial charge is 0.141 e. The molecular weight excluding hydrogens is 230 g/mol. The number of rotatable bonds is 5. The van der Waals surface area contributed by atoms with Crippen LogP contribution in [0.3, 0.4) is 0 Å². The number of hydrogen-bond donors (Lipinski definition) is 1. The van der Waals surface area contributed by atoms with E-state index in [-0.39, 0.29) is 0 Å². The summed E-state index contributed by atoms with van der Waals surface area (Å²) < 4.78 is 10.9. The van der Waals surface area contributed by atoms with E-state index in [4.69, 9.17) is 15.2 Å². The highest BCUT2D eigenvalue weighted by molar-refractivity contribution is 5.31. The fraction of sp³-hybridized carbons (Fsp3) is 0.231. The molecule has 0 aliphatic carbocycles. The highest BCUT2D eigenvalue weighted by Gasteiger charge is 1.99. The lowest BCUT2D eigenvalue weighted by molar-refractivity contribution is 0.299. The largest absolute Gasteiger partial charge is 0.494 e. The summed E-state index contributed by atoms with van der Waals surface area (Å²) in [5, 5.41) is 0. The number of ether oxygens (including phenoxy) is 2. The van der Waals surface area contributed by atoms with Crippen LogP contribution < -0.4 is 15.2 Å². The van der Waals surface area contributed by atoms with Crippen molar-refractivity contribution in [3.8, 4) is 11.5 Å². The molecule has 0 amide bonds. The monoisotopic (exact) mass is 245 g/mol. The van der Waals surface area contributed by atoms with Crippen LogP contribution in [-0.2, 0) is 6.61 Å². The van der Waals surface area contributed by atoms with Crippen LogP contribution in [0.15, 0.2) is 36.7 Å². The number of nitrogen functional groups attached to an aromatic ring is 1. The van der Waals surface area contributed by atoms with Gasteiger partial charge in [-0.15, -0.1) is 0 Å². The lowest BCUT2D eigenvalue weighted by atomic mass is 10.3. The summed E-state index contributed by atoms with van der Waals surface area (Å²) >= 11 is 0. The van der Waals surface area contributed by atoms with E-state index >= 15 is 0 Å². The highest BCUT2D eigenvalue weighted by atomic mass is 16.5. The molecular formula is C13H15N3O2. The molecule has 5 heteroatoms. The van der Waals surface area contributed by atoms with Crippen LogP contribution in [0, 0.1) is 0 Å². The van der Waals surface area contributed by atoms with Gasteiger partial charge in [-0.3, -0.25) is 4.98 Å². The van der Waals surface area contributed by atoms with E-state index in [0.29, 0.717) is 19.0 Å². The van der Waals surface area contributed by atoms with Gasteiger partial charge < -0.3 is 15.2 Å². The molecule has 1 aromatic heterocycles. The first kappa shape index (κ1) is 12.2. The molecule has 0 saturated carbocycles. The average Bonchev–Trinajstić information content (AvgIpc) is 2.40. The average molecular weight is 245 g/mol. The molecule has 0 aliphatic heterocycles. The Morgan fingerprint density at radius 2 is 1.67 bits per heavy atom. The molecule has 0 spiro atoms. The minimum absolute atomic E-state index is 0.362. The molecule has 1 heterocycles. The maximum Gasteiger partial charge on any atom is 0.141 e. The molecule has 0 bridgehead atoms. The number of hydrogen-bond acceptors (Lipinski definition) is 5. The molecule has 18 heavy (non-hydrogen) atoms. The zero-order chi connectivity index (χ0) is 12.8. The van der Waals surface area contributed by atoms with Gasteiger partial charge in [0.05, 0.1) is 24.7 Å². The minimum Gasteiger partial charge on any atom is -0.494 e. The Kier molecular flexibility index (Phi) is 3.96. The maximum atomic E-state index is 5.57. The third-order valence-corrected chi connectivity index (χ3v) is 2.25. The van der Waals surface area contributed by atoms with Gasteiger partial charge in [-0.25, -0.2) is 4.98 Å². The van der Waals surface area contributed by atoms with Gasteiger partial charge in [0.25, 0.3) is 0 Å². The number of benzene rings is 1. The standard InChI is InChI=1S/C13H15N3O2/c1-2-17-11-3-5-12(6-4-11)18-9-10-7-16-13(14)8-15-10/h3-8H,2,9H2,1H3,(H2,14,16). The van der Waals surface area contributed by atoms with Gasteiger partial charge >= 0.3 is 0 Å². The first-order chi connectivity index (χ1) is 8.78. The number of anilines is 1. The number of aromatic nitrogens is 2. The van der Waals surface area contributed by atoms with Gasteiger partial charge in [0, 0.05) is 0 Å². The fourth-order valence-electron chi connectivity index (χ4n) is 1.40. The Bertz CT molecular complexity index is 483. The van der Waals surface area contributed by atoms with Crippen LogP contribution in [0.5, 0.6) is 11.5 Å². The highest BCUT2D eigenvalue weighted by Crippen LogP contribution is 2.18. The van der Waals surface area contributed by atoms with E-state index in [1.54, 1.807) is 6.20 Å². The first-order valence-electron chi connectivity index (χ1n) is 5.70. The van der Waals surface area contributed by atoms with Crippen LogP contribution in [0.25, 0.3) is 0 Å². The van der Waals surface area contributed by atoms with E-state index in [1.165, 1.54) is 6.20 Å². The summed E-state index contributed by atoms with van der Waals surface area (Å²) in [6.45, 7) is 2.96. The Hall–Kier alpha value is -2.30. The van der Waals surface area contributed by atoms with Crippen molar-refractivity contribution in [3.63, 3.8) is 0 Å². The molecule has 0 unspecified atom stereocenters. The van der Waals surface area contributed by atoms with Crippen LogP contribution in [0.4, 0.5) is 5.82 Å². The van der Waals surface area contributed by atoms with E-state index in [1.807, 2.05) is 31.2 Å². The summed E-state index contributed by atoms with van der Waals surface area (Å²) in [7, 11) is 0. The van der Waals surface area contributed by atoms with Crippen molar-refractivity contribution in [1.82, 2.24) is 9.97 Å². The maximum absolute atomic E-state index is 5.57. The van der Waals surface area contributed by atoms with Crippen LogP contribution >= 0.6 is 0 Å². The van der Waals surface area contributed by atoms with Crippen LogP contribution in [-0.4, -0.2) is 16.6 Å². The molecule has 0 aliphatic rings. The van der Waals surface area contributed by atoms with E-state index in [9.17, 15) is 0 Å². The van der Waals surface area contributed by atoms with Gasteiger partial charge in [0.2, 0.25) is 0 Å². The van der Waals surface area contributed by atoms with Gasteiger partial charge in [0.15, 0.2) is 0 Å². The van der Waals surface area contributed by atoms with Crippen molar-refractivity contribution in [2.75, 3.05) is 12.3 Å². The first-order valence-corrected chi connectivity index (χ1v) is 5.70. The Morgan fingerprint density at radius 3 is 2.22 bits per heavy atom. The Balaban J connectivity index is 1.91. The topological polar surface area (TPSA) is 70.3 Å². The van der Waals surface area contributed by atoms with Crippen LogP contribution in [0.1, 0.15) is 12.6 Å². The molecule has 5 nitrogen and oxygen atoms in total. The summed E-state index contributed by atoms with van der Waals surface area (Å²) in [6, 6.07) is 7.45. The van der Waals surface area contributed by atoms with Crippen molar-refractivity contribution in [3.05, 3.63) is 42.4 Å². The summed E-state index contributed by atoms with van der Waals surface area (Å²) in [5.41, 5.74) is 6.19. The lowest BCUT2D eigenvalue weighted by Gasteiger charge is -2.07. The molecule has 0 radical (unpaired) electrons. The molecule has 2 aromatic rings. The SMILES string of the molecule is CCOc1ccc(OCc2cnc(N)cn2)cc1. The summed E-state index contributed by atoms with van der Waals surface area (Å²) in [5.74, 6) is 1.99. The van der Waals surface area contributed by atoms with Crippen molar-refractivity contribution < 1.29 is 9.47 Å². The summed E-state index contributed by atoms with van der Waals surface area (Å²) in [6.07, 6.45) is 3.11. The van der Waals surface area contributed by atoms with E-state index < -0.39 is 0 Å². The van der Waals surface area contributed by atoms with Gasteiger partial charge in [-0.2, -0.15) is 0 Å². The van der Waals surface area contributed by atoms with Crippen molar-refractivity contribution in [1.29, 1.82) is 0 Å². The fourth-order valence-corrected chi connectivity index (χ4v) is 1.40. The van der Waals surface area contributed by atoms with Crippen molar-refractivity contribution in [2.45, 2.75) is 13.5 Å². The zero-order valence-corrected chi connectivity index (χ0v) is 10.2. The molecule has 2 N–H and O–H groups in total. The van der Waals surface area contributed by atoms with E-state index in [2.05, 4.69) is 9.97 Å². The van der Waals surface area contributed by atoms with Crippen molar-refractivity contribution >= 4 is 5.82 Å². The molecule has 1 aromatic carbocycles. The van der Waals surface area contributed by atoms with E-state index in [0.717, 1.165) is 17.2 Å². The zero-order valence-electron chi connectivity index (χ0n) is 10.2. The Morgan fingerprint density at radius 1 is 1.00 bits per heavy atom. The predicted molar refractivity (Wildman–Crippen MR) is 68.4 cm³/mol. The minimum atomic E-state index is 0.362. The van der Waals surface area contributed by atoms with Gasteiger partial charge in [-0.05, 0) is 31.2 Å². The van der Waals surface area contributed by atoms with Gasteiger partial charge in [0.1, 0.15) is 23.9 Å². The van der Waals surface area contributed by atoms with Crippen LogP contribution in [0.2, 0.25) is 0 Å². The second-order valence-corrected chi connectivity index (χ2v) is 3.63. The quantitative estimate of drug-likeness (QED) is 0.872. The lowest BCUT2D eigenvalue weighted by Crippen LogP contribution is -2.00. The second kappa shape index (κ2) is 5.86. The Labute approximate surface area is 106 Å². The molecule has 2 rings (SSSR count). The number of nitrogens with two attached hydrogens (primary N) is 1. The molecule has 0 fully saturated rings. The van der Waals surface area contributed by atoms with Crippen molar-refractivity contribution in [2.24, 2.45) is 0 Å².